The highest BCUT2D eigenvalue weighted by Crippen LogP contribution is 2.30. The van der Waals surface area contributed by atoms with Crippen LogP contribution in [0.5, 0.6) is 0 Å². The zero-order valence-corrected chi connectivity index (χ0v) is 9.94. The van der Waals surface area contributed by atoms with Crippen LogP contribution in [-0.2, 0) is 0 Å². The smallest absolute Gasteiger partial charge is 0.253 e. The van der Waals surface area contributed by atoms with Crippen LogP contribution in [0.25, 0.3) is 0 Å². The highest BCUT2D eigenvalue weighted by atomic mass is 16.2. The Kier molecular flexibility index (Phi) is 2.95. The summed E-state index contributed by atoms with van der Waals surface area (Å²) in [6.45, 7) is 6.27. The van der Waals surface area contributed by atoms with Gasteiger partial charge in [-0.05, 0) is 30.4 Å². The number of nitrogens with zero attached hydrogens (tertiary/aromatic N) is 2. The van der Waals surface area contributed by atoms with Crippen LogP contribution in [-0.4, -0.2) is 28.9 Å². The largest absolute Gasteiger partial charge is 0.339 e. The summed E-state index contributed by atoms with van der Waals surface area (Å²) in [5, 5.41) is 0. The first-order valence-corrected chi connectivity index (χ1v) is 5.78. The Morgan fingerprint density at radius 2 is 1.81 bits per heavy atom. The van der Waals surface area contributed by atoms with Crippen LogP contribution in [0.2, 0.25) is 0 Å². The molecule has 0 atom stereocenters. The number of pyridine rings is 1. The van der Waals surface area contributed by atoms with Crippen molar-refractivity contribution in [2.75, 3.05) is 13.1 Å². The van der Waals surface area contributed by atoms with E-state index in [1.54, 1.807) is 24.5 Å². The van der Waals surface area contributed by atoms with Gasteiger partial charge >= 0.3 is 0 Å². The SMILES string of the molecule is CC1(C)CCN(C(=O)c2ccncc2)CC1. The Labute approximate surface area is 96.5 Å². The third kappa shape index (κ3) is 2.40. The summed E-state index contributed by atoms with van der Waals surface area (Å²) >= 11 is 0. The number of aromatic nitrogens is 1. The second kappa shape index (κ2) is 4.24. The van der Waals surface area contributed by atoms with E-state index < -0.39 is 0 Å². The molecule has 3 heteroatoms. The van der Waals surface area contributed by atoms with Crippen molar-refractivity contribution in [3.05, 3.63) is 30.1 Å². The van der Waals surface area contributed by atoms with Gasteiger partial charge in [0.05, 0.1) is 0 Å². The lowest BCUT2D eigenvalue weighted by Gasteiger charge is -2.36. The molecular weight excluding hydrogens is 200 g/mol. The lowest BCUT2D eigenvalue weighted by molar-refractivity contribution is 0.0630. The van der Waals surface area contributed by atoms with Crippen LogP contribution in [0.3, 0.4) is 0 Å². The molecule has 3 nitrogen and oxygen atoms in total. The maximum atomic E-state index is 12.1. The van der Waals surface area contributed by atoms with Crippen molar-refractivity contribution in [2.45, 2.75) is 26.7 Å². The number of rotatable bonds is 1. The Morgan fingerprint density at radius 3 is 2.38 bits per heavy atom. The summed E-state index contributed by atoms with van der Waals surface area (Å²) in [6, 6.07) is 3.56. The van der Waals surface area contributed by atoms with E-state index in [0.29, 0.717) is 5.41 Å². The minimum absolute atomic E-state index is 0.137. The van der Waals surface area contributed by atoms with Crippen LogP contribution in [0.15, 0.2) is 24.5 Å². The third-order valence-electron chi connectivity index (χ3n) is 3.33. The lowest BCUT2D eigenvalue weighted by Crippen LogP contribution is -2.41. The molecule has 1 aromatic heterocycles. The summed E-state index contributed by atoms with van der Waals surface area (Å²) in [5.74, 6) is 0.137. The van der Waals surface area contributed by atoms with E-state index in [0.717, 1.165) is 31.5 Å². The lowest BCUT2D eigenvalue weighted by atomic mass is 9.82. The minimum atomic E-state index is 0.137. The summed E-state index contributed by atoms with van der Waals surface area (Å²) in [6.07, 6.45) is 5.51. The number of likely N-dealkylation sites (tertiary alicyclic amines) is 1. The molecule has 0 aromatic carbocycles. The van der Waals surface area contributed by atoms with Gasteiger partial charge in [0.2, 0.25) is 0 Å². The maximum Gasteiger partial charge on any atom is 0.253 e. The average molecular weight is 218 g/mol. The fourth-order valence-corrected chi connectivity index (χ4v) is 1.99. The number of piperidine rings is 1. The highest BCUT2D eigenvalue weighted by molar-refractivity contribution is 5.94. The summed E-state index contributed by atoms with van der Waals surface area (Å²) in [7, 11) is 0. The fraction of sp³-hybridized carbons (Fsp3) is 0.538. The molecule has 0 unspecified atom stereocenters. The van der Waals surface area contributed by atoms with Gasteiger partial charge in [0.1, 0.15) is 0 Å². The molecule has 1 aliphatic heterocycles. The molecular formula is C13H18N2O. The van der Waals surface area contributed by atoms with E-state index in [4.69, 9.17) is 0 Å². The van der Waals surface area contributed by atoms with Crippen LogP contribution in [0.4, 0.5) is 0 Å². The third-order valence-corrected chi connectivity index (χ3v) is 3.33. The van der Waals surface area contributed by atoms with Crippen molar-refractivity contribution in [2.24, 2.45) is 5.41 Å². The molecule has 1 fully saturated rings. The monoisotopic (exact) mass is 218 g/mol. The van der Waals surface area contributed by atoms with Gasteiger partial charge in [0.15, 0.2) is 0 Å². The van der Waals surface area contributed by atoms with Gasteiger partial charge in [0.25, 0.3) is 5.91 Å². The molecule has 2 heterocycles. The first kappa shape index (κ1) is 11.1. The zero-order chi connectivity index (χ0) is 11.6. The van der Waals surface area contributed by atoms with Crippen molar-refractivity contribution in [1.82, 2.24) is 9.88 Å². The Balaban J connectivity index is 2.03. The van der Waals surface area contributed by atoms with Crippen LogP contribution in [0, 0.1) is 5.41 Å². The number of amides is 1. The van der Waals surface area contributed by atoms with Gasteiger partial charge in [-0.3, -0.25) is 9.78 Å². The van der Waals surface area contributed by atoms with Gasteiger partial charge in [-0.15, -0.1) is 0 Å². The van der Waals surface area contributed by atoms with Crippen molar-refractivity contribution < 1.29 is 4.79 Å². The van der Waals surface area contributed by atoms with E-state index >= 15 is 0 Å². The van der Waals surface area contributed by atoms with Gasteiger partial charge in [-0.25, -0.2) is 0 Å². The van der Waals surface area contributed by atoms with E-state index in [1.165, 1.54) is 0 Å². The Morgan fingerprint density at radius 1 is 1.25 bits per heavy atom. The van der Waals surface area contributed by atoms with Crippen molar-refractivity contribution in [1.29, 1.82) is 0 Å². The summed E-state index contributed by atoms with van der Waals surface area (Å²) in [4.78, 5) is 18.0. The molecule has 1 aromatic rings. The molecule has 1 aliphatic rings. The first-order chi connectivity index (χ1) is 7.58. The predicted octanol–water partition coefficient (Wildman–Crippen LogP) is 2.34. The zero-order valence-electron chi connectivity index (χ0n) is 9.94. The van der Waals surface area contributed by atoms with Gasteiger partial charge in [-0.2, -0.15) is 0 Å². The molecule has 16 heavy (non-hydrogen) atoms. The van der Waals surface area contributed by atoms with Crippen LogP contribution >= 0.6 is 0 Å². The maximum absolute atomic E-state index is 12.1. The Hall–Kier alpha value is -1.38. The predicted molar refractivity (Wildman–Crippen MR) is 63.2 cm³/mol. The normalized spacial score (nSPS) is 19.5. The minimum Gasteiger partial charge on any atom is -0.339 e. The van der Waals surface area contributed by atoms with Crippen LogP contribution in [0.1, 0.15) is 37.0 Å². The fourth-order valence-electron chi connectivity index (χ4n) is 1.99. The van der Waals surface area contributed by atoms with Crippen LogP contribution < -0.4 is 0 Å². The van der Waals surface area contributed by atoms with Gasteiger partial charge in [0, 0.05) is 31.0 Å². The second-order valence-corrected chi connectivity index (χ2v) is 5.19. The molecule has 0 spiro atoms. The molecule has 86 valence electrons. The van der Waals surface area contributed by atoms with Gasteiger partial charge in [-0.1, -0.05) is 13.8 Å². The van der Waals surface area contributed by atoms with E-state index in [-0.39, 0.29) is 5.91 Å². The number of carbonyl (C=O) groups is 1. The molecule has 0 N–H and O–H groups in total. The average Bonchev–Trinajstić information content (AvgIpc) is 2.29. The molecule has 0 saturated carbocycles. The molecule has 0 aliphatic carbocycles. The van der Waals surface area contributed by atoms with E-state index in [2.05, 4.69) is 18.8 Å². The number of hydrogen-bond donors (Lipinski definition) is 0. The molecule has 0 radical (unpaired) electrons. The second-order valence-electron chi connectivity index (χ2n) is 5.19. The Bertz CT molecular complexity index is 363. The van der Waals surface area contributed by atoms with E-state index in [9.17, 15) is 4.79 Å². The standard InChI is InChI=1S/C13H18N2O/c1-13(2)5-9-15(10-6-13)12(16)11-3-7-14-8-4-11/h3-4,7-8H,5-6,9-10H2,1-2H3. The van der Waals surface area contributed by atoms with Gasteiger partial charge < -0.3 is 4.90 Å². The number of hydrogen-bond acceptors (Lipinski definition) is 2. The topological polar surface area (TPSA) is 33.2 Å². The summed E-state index contributed by atoms with van der Waals surface area (Å²) in [5.41, 5.74) is 1.13. The van der Waals surface area contributed by atoms with Crippen molar-refractivity contribution >= 4 is 5.91 Å². The van der Waals surface area contributed by atoms with Crippen molar-refractivity contribution in [3.63, 3.8) is 0 Å². The molecule has 1 saturated heterocycles. The van der Waals surface area contributed by atoms with E-state index in [1.807, 2.05) is 4.90 Å². The number of carbonyl (C=O) groups excluding carboxylic acids is 1. The highest BCUT2D eigenvalue weighted by Gasteiger charge is 2.28. The van der Waals surface area contributed by atoms with Crippen molar-refractivity contribution in [3.8, 4) is 0 Å². The molecule has 1 amide bonds. The first-order valence-electron chi connectivity index (χ1n) is 5.78. The summed E-state index contributed by atoms with van der Waals surface area (Å²) < 4.78 is 0. The quantitative estimate of drug-likeness (QED) is 0.725. The molecule has 2 rings (SSSR count). The molecule has 0 bridgehead atoms.